The Morgan fingerprint density at radius 3 is 2.75 bits per heavy atom. The lowest BCUT2D eigenvalue weighted by atomic mass is 10.3. The number of aromatic nitrogens is 3. The van der Waals surface area contributed by atoms with Gasteiger partial charge in [-0.25, -0.2) is 9.97 Å². The summed E-state index contributed by atoms with van der Waals surface area (Å²) in [6, 6.07) is 13.5. The average molecular weight is 352 g/mol. The molecule has 0 atom stereocenters. The lowest BCUT2D eigenvalue weighted by molar-refractivity contribution is 0.102. The maximum absolute atomic E-state index is 12.4. The first-order chi connectivity index (χ1) is 11.7. The van der Waals surface area contributed by atoms with E-state index in [0.717, 1.165) is 15.7 Å². The number of anilines is 1. The Morgan fingerprint density at radius 2 is 1.92 bits per heavy atom. The minimum absolute atomic E-state index is 0.276. The minimum Gasteiger partial charge on any atom is -0.296 e. The van der Waals surface area contributed by atoms with Crippen LogP contribution >= 0.6 is 23.1 Å². The third-order valence-corrected chi connectivity index (χ3v) is 5.16. The molecule has 118 valence electrons. The standard InChI is InChI=1S/C17H12N4OS2/c1-23-10-6-7-13-15(8-10)24-17(20-13)21-16(22)14-9-18-11-4-2-3-5-12(11)19-14/h2-9H,1H3,(H,20,21,22). The average Bonchev–Trinajstić information content (AvgIpc) is 3.02. The normalized spacial score (nSPS) is 11.0. The van der Waals surface area contributed by atoms with Gasteiger partial charge in [-0.2, -0.15) is 0 Å². The summed E-state index contributed by atoms with van der Waals surface area (Å²) >= 11 is 3.13. The molecule has 1 N–H and O–H groups in total. The number of carbonyl (C=O) groups excluding carboxylic acids is 1. The second kappa shape index (κ2) is 6.18. The molecule has 5 nitrogen and oxygen atoms in total. The van der Waals surface area contributed by atoms with Crippen LogP contribution < -0.4 is 5.32 Å². The molecule has 4 aromatic rings. The molecular weight excluding hydrogens is 340 g/mol. The number of benzene rings is 2. The van der Waals surface area contributed by atoms with Crippen molar-refractivity contribution in [3.05, 3.63) is 54.4 Å². The van der Waals surface area contributed by atoms with E-state index in [1.54, 1.807) is 11.8 Å². The zero-order chi connectivity index (χ0) is 16.5. The monoisotopic (exact) mass is 352 g/mol. The first kappa shape index (κ1) is 15.0. The Hall–Kier alpha value is -2.51. The van der Waals surface area contributed by atoms with Gasteiger partial charge in [-0.1, -0.05) is 23.5 Å². The van der Waals surface area contributed by atoms with Crippen molar-refractivity contribution >= 4 is 55.4 Å². The highest BCUT2D eigenvalue weighted by atomic mass is 32.2. The van der Waals surface area contributed by atoms with E-state index in [2.05, 4.69) is 26.3 Å². The van der Waals surface area contributed by atoms with Crippen LogP contribution in [0.1, 0.15) is 10.5 Å². The fourth-order valence-electron chi connectivity index (χ4n) is 2.31. The first-order valence-electron chi connectivity index (χ1n) is 7.21. The van der Waals surface area contributed by atoms with E-state index in [0.29, 0.717) is 10.6 Å². The Kier molecular flexibility index (Phi) is 3.87. The van der Waals surface area contributed by atoms with Gasteiger partial charge in [-0.3, -0.25) is 15.1 Å². The van der Waals surface area contributed by atoms with Crippen molar-refractivity contribution in [1.29, 1.82) is 0 Å². The number of amides is 1. The number of thiazole rings is 1. The molecule has 0 saturated carbocycles. The molecule has 7 heteroatoms. The Balaban J connectivity index is 1.62. The number of thioether (sulfide) groups is 1. The molecule has 2 heterocycles. The van der Waals surface area contributed by atoms with Gasteiger partial charge in [0.2, 0.25) is 0 Å². The number of nitrogens with one attached hydrogen (secondary N) is 1. The lowest BCUT2D eigenvalue weighted by Gasteiger charge is -2.02. The van der Waals surface area contributed by atoms with Gasteiger partial charge in [-0.15, -0.1) is 11.8 Å². The van der Waals surface area contributed by atoms with Gasteiger partial charge >= 0.3 is 0 Å². The summed E-state index contributed by atoms with van der Waals surface area (Å²) in [7, 11) is 0. The van der Waals surface area contributed by atoms with Crippen LogP contribution in [0.5, 0.6) is 0 Å². The molecule has 0 aliphatic carbocycles. The largest absolute Gasteiger partial charge is 0.296 e. The van der Waals surface area contributed by atoms with Crippen LogP contribution in [0.2, 0.25) is 0 Å². The molecule has 0 unspecified atom stereocenters. The summed E-state index contributed by atoms with van der Waals surface area (Å²) in [6.07, 6.45) is 3.51. The third-order valence-electron chi connectivity index (χ3n) is 3.50. The van der Waals surface area contributed by atoms with E-state index in [1.165, 1.54) is 22.4 Å². The molecule has 0 fully saturated rings. The van der Waals surface area contributed by atoms with Crippen LogP contribution in [0.3, 0.4) is 0 Å². The number of para-hydroxylation sites is 2. The zero-order valence-electron chi connectivity index (χ0n) is 12.7. The Bertz CT molecular complexity index is 1060. The predicted octanol–water partition coefficient (Wildman–Crippen LogP) is 4.21. The maximum atomic E-state index is 12.4. The predicted molar refractivity (Wildman–Crippen MR) is 98.9 cm³/mol. The van der Waals surface area contributed by atoms with Crippen molar-refractivity contribution in [2.24, 2.45) is 0 Å². The lowest BCUT2D eigenvalue weighted by Crippen LogP contribution is -2.13. The molecule has 2 aromatic carbocycles. The molecule has 0 bridgehead atoms. The summed E-state index contributed by atoms with van der Waals surface area (Å²) in [5.41, 5.74) is 2.60. The number of nitrogens with zero attached hydrogens (tertiary/aromatic N) is 3. The van der Waals surface area contributed by atoms with Crippen molar-refractivity contribution in [1.82, 2.24) is 15.0 Å². The van der Waals surface area contributed by atoms with Gasteiger partial charge in [0.25, 0.3) is 5.91 Å². The number of carbonyl (C=O) groups is 1. The third kappa shape index (κ3) is 2.83. The second-order valence-corrected chi connectivity index (χ2v) is 6.96. The summed E-state index contributed by atoms with van der Waals surface area (Å²) in [4.78, 5) is 26.6. The van der Waals surface area contributed by atoms with Crippen molar-refractivity contribution in [3.63, 3.8) is 0 Å². The van der Waals surface area contributed by atoms with Crippen molar-refractivity contribution in [2.75, 3.05) is 11.6 Å². The highest BCUT2D eigenvalue weighted by molar-refractivity contribution is 7.98. The van der Waals surface area contributed by atoms with Gasteiger partial charge < -0.3 is 0 Å². The number of hydrogen-bond acceptors (Lipinski definition) is 6. The van der Waals surface area contributed by atoms with Crippen LogP contribution in [0.4, 0.5) is 5.13 Å². The molecule has 2 aromatic heterocycles. The van der Waals surface area contributed by atoms with Gasteiger partial charge in [0.15, 0.2) is 5.13 Å². The van der Waals surface area contributed by atoms with E-state index in [9.17, 15) is 4.79 Å². The summed E-state index contributed by atoms with van der Waals surface area (Å²) in [5.74, 6) is -0.308. The Morgan fingerprint density at radius 1 is 1.08 bits per heavy atom. The quantitative estimate of drug-likeness (QED) is 0.559. The van der Waals surface area contributed by atoms with Crippen LogP contribution in [-0.4, -0.2) is 27.1 Å². The molecule has 0 saturated heterocycles. The molecule has 0 spiro atoms. The number of rotatable bonds is 3. The van der Waals surface area contributed by atoms with Gasteiger partial charge in [-0.05, 0) is 36.6 Å². The molecular formula is C17H12N4OS2. The second-order valence-electron chi connectivity index (χ2n) is 5.05. The van der Waals surface area contributed by atoms with Gasteiger partial charge in [0.1, 0.15) is 5.69 Å². The molecule has 4 rings (SSSR count). The van der Waals surface area contributed by atoms with Crippen LogP contribution in [0, 0.1) is 0 Å². The smallest absolute Gasteiger partial charge is 0.277 e. The van der Waals surface area contributed by atoms with E-state index < -0.39 is 0 Å². The van der Waals surface area contributed by atoms with Gasteiger partial charge in [0.05, 0.1) is 27.4 Å². The summed E-state index contributed by atoms with van der Waals surface area (Å²) in [6.45, 7) is 0. The van der Waals surface area contributed by atoms with Crippen molar-refractivity contribution < 1.29 is 4.79 Å². The van der Waals surface area contributed by atoms with E-state index in [4.69, 9.17) is 0 Å². The fraction of sp³-hybridized carbons (Fsp3) is 0.0588. The SMILES string of the molecule is CSc1ccc2nc(NC(=O)c3cnc4ccccc4n3)sc2c1. The molecule has 0 aliphatic rings. The van der Waals surface area contributed by atoms with Crippen molar-refractivity contribution in [2.45, 2.75) is 4.90 Å². The zero-order valence-corrected chi connectivity index (χ0v) is 14.3. The van der Waals surface area contributed by atoms with Crippen LogP contribution in [0.25, 0.3) is 21.3 Å². The first-order valence-corrected chi connectivity index (χ1v) is 9.25. The van der Waals surface area contributed by atoms with E-state index >= 15 is 0 Å². The fourth-order valence-corrected chi connectivity index (χ4v) is 3.73. The highest BCUT2D eigenvalue weighted by Gasteiger charge is 2.12. The van der Waals surface area contributed by atoms with Crippen molar-refractivity contribution in [3.8, 4) is 0 Å². The minimum atomic E-state index is -0.308. The molecule has 0 radical (unpaired) electrons. The summed E-state index contributed by atoms with van der Waals surface area (Å²) < 4.78 is 1.04. The topological polar surface area (TPSA) is 67.8 Å². The number of hydrogen-bond donors (Lipinski definition) is 1. The Labute approximate surface area is 146 Å². The van der Waals surface area contributed by atoms with Crippen LogP contribution in [0.15, 0.2) is 53.6 Å². The highest BCUT2D eigenvalue weighted by Crippen LogP contribution is 2.29. The molecule has 24 heavy (non-hydrogen) atoms. The van der Waals surface area contributed by atoms with Gasteiger partial charge in [0, 0.05) is 4.90 Å². The van der Waals surface area contributed by atoms with Crippen LogP contribution in [-0.2, 0) is 0 Å². The molecule has 1 amide bonds. The summed E-state index contributed by atoms with van der Waals surface area (Å²) in [5, 5.41) is 3.37. The maximum Gasteiger partial charge on any atom is 0.277 e. The van der Waals surface area contributed by atoms with E-state index in [1.807, 2.05) is 42.7 Å². The van der Waals surface area contributed by atoms with E-state index in [-0.39, 0.29) is 11.6 Å². The molecule has 0 aliphatic heterocycles. The number of fused-ring (bicyclic) bond motifs is 2.